The van der Waals surface area contributed by atoms with Crippen molar-refractivity contribution in [1.29, 1.82) is 0 Å². The molecule has 1 aromatic rings. The molecule has 2 rings (SSSR count). The maximum atomic E-state index is 11.9. The Hall–Kier alpha value is -2.98. The van der Waals surface area contributed by atoms with Gasteiger partial charge in [-0.15, -0.1) is 0 Å². The first-order valence-corrected chi connectivity index (χ1v) is 6.39. The zero-order valence-electron chi connectivity index (χ0n) is 12.3. The number of rotatable bonds is 5. The van der Waals surface area contributed by atoms with Gasteiger partial charge in [-0.1, -0.05) is 6.08 Å². The summed E-state index contributed by atoms with van der Waals surface area (Å²) in [6.45, 7) is -0.226. The highest BCUT2D eigenvalue weighted by Gasteiger charge is 2.31. The third kappa shape index (κ3) is 3.12. The molecule has 0 aromatic carbocycles. The van der Waals surface area contributed by atoms with Crippen molar-refractivity contribution in [2.45, 2.75) is 6.61 Å². The average Bonchev–Trinajstić information content (AvgIpc) is 2.92. The van der Waals surface area contributed by atoms with E-state index < -0.39 is 11.9 Å². The molecule has 3 N–H and O–H groups in total. The molecule has 0 radical (unpaired) electrons. The Morgan fingerprint density at radius 1 is 1.39 bits per heavy atom. The fraction of sp³-hybridized carbons (Fsp3) is 0.231. The number of hydrogen-bond donors (Lipinski definition) is 3. The smallest absolute Gasteiger partial charge is 0.357 e. The monoisotopic (exact) mass is 322 g/mol. The minimum absolute atomic E-state index is 0.0939. The van der Waals surface area contributed by atoms with Gasteiger partial charge in [0.05, 0.1) is 16.8 Å². The molecule has 0 fully saturated rings. The second-order valence-electron chi connectivity index (χ2n) is 4.66. The second kappa shape index (κ2) is 6.42. The molecule has 1 amide bonds. The van der Waals surface area contributed by atoms with Gasteiger partial charge in [0, 0.05) is 14.1 Å². The van der Waals surface area contributed by atoms with E-state index in [-0.39, 0.29) is 29.0 Å². The predicted molar refractivity (Wildman–Crippen MR) is 78.4 cm³/mol. The highest BCUT2D eigenvalue weighted by atomic mass is 17.1. The molecule has 0 spiro atoms. The SMILES string of the molecule is CN1N=C(C(=O)O)/C(=C\C=C/c2c(COO)[nH]n(C)c2=O)C1=O. The van der Waals surface area contributed by atoms with Crippen LogP contribution in [0.1, 0.15) is 11.3 Å². The van der Waals surface area contributed by atoms with Crippen molar-refractivity contribution >= 4 is 23.7 Å². The van der Waals surface area contributed by atoms with E-state index in [1.54, 1.807) is 0 Å². The lowest BCUT2D eigenvalue weighted by atomic mass is 10.1. The van der Waals surface area contributed by atoms with E-state index in [4.69, 9.17) is 10.4 Å². The molecule has 0 unspecified atom stereocenters. The van der Waals surface area contributed by atoms with Crippen LogP contribution in [0.4, 0.5) is 0 Å². The van der Waals surface area contributed by atoms with Gasteiger partial charge in [0.15, 0.2) is 5.71 Å². The molecule has 10 nitrogen and oxygen atoms in total. The number of carbonyl (C=O) groups is 2. The number of carboxylic acid groups (broad SMARTS) is 1. The molecular weight excluding hydrogens is 308 g/mol. The number of amides is 1. The number of aromatic amines is 1. The zero-order chi connectivity index (χ0) is 17.1. The fourth-order valence-corrected chi connectivity index (χ4v) is 2.04. The van der Waals surface area contributed by atoms with E-state index in [0.29, 0.717) is 5.69 Å². The standard InChI is InChI=1S/C13H14N4O6/c1-16-11(18)7(9(14-16)6-23-22)4-3-5-8-10(13(20)21)15-17(2)12(8)19/h3-5,14,22H,6H2,1-2H3,(H,20,21)/b4-3-,8-5+. The maximum absolute atomic E-state index is 11.9. The number of likely N-dealkylation sites (N-methyl/N-ethyl adjacent to an activating group) is 1. The summed E-state index contributed by atoms with van der Waals surface area (Å²) in [7, 11) is 2.83. The summed E-state index contributed by atoms with van der Waals surface area (Å²) < 4.78 is 1.19. The third-order valence-corrected chi connectivity index (χ3v) is 3.13. The lowest BCUT2D eigenvalue weighted by Gasteiger charge is -2.00. The first-order chi connectivity index (χ1) is 10.9. The lowest BCUT2D eigenvalue weighted by Crippen LogP contribution is -2.19. The topological polar surface area (TPSA) is 137 Å². The van der Waals surface area contributed by atoms with Crippen LogP contribution >= 0.6 is 0 Å². The third-order valence-electron chi connectivity index (χ3n) is 3.13. The van der Waals surface area contributed by atoms with Gasteiger partial charge >= 0.3 is 5.97 Å². The Morgan fingerprint density at radius 3 is 2.70 bits per heavy atom. The van der Waals surface area contributed by atoms with Crippen LogP contribution in [0, 0.1) is 0 Å². The van der Waals surface area contributed by atoms with Gasteiger partial charge in [-0.05, 0) is 12.2 Å². The number of aliphatic carboxylic acids is 1. The molecule has 10 heteroatoms. The van der Waals surface area contributed by atoms with Gasteiger partial charge in [-0.3, -0.25) is 24.6 Å². The Balaban J connectivity index is 2.35. The molecular formula is C13H14N4O6. The molecule has 1 aliphatic heterocycles. The van der Waals surface area contributed by atoms with Gasteiger partial charge in [-0.25, -0.2) is 14.7 Å². The van der Waals surface area contributed by atoms with Crippen molar-refractivity contribution in [3.05, 3.63) is 39.3 Å². The summed E-state index contributed by atoms with van der Waals surface area (Å²) >= 11 is 0. The highest BCUT2D eigenvalue weighted by molar-refractivity contribution is 6.50. The number of allylic oxidation sites excluding steroid dienone is 2. The number of carboxylic acids is 1. The summed E-state index contributed by atoms with van der Waals surface area (Å²) in [6, 6.07) is 0. The molecule has 1 aliphatic rings. The molecule has 1 aromatic heterocycles. The van der Waals surface area contributed by atoms with Gasteiger partial charge in [-0.2, -0.15) is 5.10 Å². The molecule has 23 heavy (non-hydrogen) atoms. The van der Waals surface area contributed by atoms with E-state index in [0.717, 1.165) is 5.01 Å². The van der Waals surface area contributed by atoms with Crippen molar-refractivity contribution in [3.8, 4) is 0 Å². The quantitative estimate of drug-likeness (QED) is 0.381. The number of aromatic nitrogens is 2. The molecule has 0 atom stereocenters. The minimum Gasteiger partial charge on any atom is -0.476 e. The Bertz CT molecular complexity index is 798. The van der Waals surface area contributed by atoms with Gasteiger partial charge < -0.3 is 5.11 Å². The highest BCUT2D eigenvalue weighted by Crippen LogP contribution is 2.14. The Kier molecular flexibility index (Phi) is 4.57. The number of nitrogens with one attached hydrogen (secondary N) is 1. The second-order valence-corrected chi connectivity index (χ2v) is 4.66. The molecule has 0 bridgehead atoms. The first kappa shape index (κ1) is 16.4. The number of hydrazone groups is 1. The van der Waals surface area contributed by atoms with Crippen molar-refractivity contribution in [2.75, 3.05) is 7.05 Å². The van der Waals surface area contributed by atoms with Crippen LogP contribution in [0.25, 0.3) is 6.08 Å². The van der Waals surface area contributed by atoms with Crippen LogP contribution in [-0.4, -0.2) is 49.8 Å². The van der Waals surface area contributed by atoms with Crippen LogP contribution in [-0.2, 0) is 28.1 Å². The number of H-pyrrole nitrogens is 1. The van der Waals surface area contributed by atoms with Crippen molar-refractivity contribution in [1.82, 2.24) is 14.8 Å². The van der Waals surface area contributed by atoms with E-state index >= 15 is 0 Å². The van der Waals surface area contributed by atoms with Gasteiger partial charge in [0.2, 0.25) is 0 Å². The first-order valence-electron chi connectivity index (χ1n) is 6.39. The lowest BCUT2D eigenvalue weighted by molar-refractivity contribution is -0.253. The van der Waals surface area contributed by atoms with Gasteiger partial charge in [0.1, 0.15) is 6.61 Å². The Labute approximate surface area is 129 Å². The number of hydrogen-bond acceptors (Lipinski definition) is 6. The summed E-state index contributed by atoms with van der Waals surface area (Å²) in [5.74, 6) is -1.89. The fourth-order valence-electron chi connectivity index (χ4n) is 2.04. The normalized spacial score (nSPS) is 16.7. The van der Waals surface area contributed by atoms with E-state index in [9.17, 15) is 14.4 Å². The van der Waals surface area contributed by atoms with Crippen LogP contribution in [0.5, 0.6) is 0 Å². The largest absolute Gasteiger partial charge is 0.476 e. The van der Waals surface area contributed by atoms with Crippen molar-refractivity contribution in [2.24, 2.45) is 12.1 Å². The summed E-state index contributed by atoms with van der Waals surface area (Å²) in [6.07, 6.45) is 4.00. The number of nitrogens with zero attached hydrogens (tertiary/aromatic N) is 3. The van der Waals surface area contributed by atoms with E-state index in [1.165, 1.54) is 37.0 Å². The summed E-state index contributed by atoms with van der Waals surface area (Å²) in [5.41, 5.74) is -0.289. The molecule has 122 valence electrons. The number of carbonyl (C=O) groups excluding carboxylic acids is 1. The zero-order valence-corrected chi connectivity index (χ0v) is 12.3. The molecule has 2 heterocycles. The van der Waals surface area contributed by atoms with Crippen molar-refractivity contribution in [3.63, 3.8) is 0 Å². The molecule has 0 saturated carbocycles. The van der Waals surface area contributed by atoms with Gasteiger partial charge in [0.25, 0.3) is 11.5 Å². The van der Waals surface area contributed by atoms with Crippen molar-refractivity contribution < 1.29 is 24.8 Å². The minimum atomic E-state index is -1.32. The van der Waals surface area contributed by atoms with Crippen LogP contribution in [0.2, 0.25) is 0 Å². The predicted octanol–water partition coefficient (Wildman–Crippen LogP) is -0.445. The summed E-state index contributed by atoms with van der Waals surface area (Å²) in [5, 5.41) is 24.8. The average molecular weight is 322 g/mol. The Morgan fingerprint density at radius 2 is 2.09 bits per heavy atom. The summed E-state index contributed by atoms with van der Waals surface area (Å²) in [4.78, 5) is 38.8. The van der Waals surface area contributed by atoms with E-state index in [1.807, 2.05) is 0 Å². The van der Waals surface area contributed by atoms with E-state index in [2.05, 4.69) is 15.1 Å². The molecule has 0 saturated heterocycles. The maximum Gasteiger partial charge on any atom is 0.357 e. The van der Waals surface area contributed by atoms with Crippen LogP contribution < -0.4 is 5.56 Å². The van der Waals surface area contributed by atoms with Crippen LogP contribution in [0.3, 0.4) is 0 Å². The number of aryl methyl sites for hydroxylation is 1. The van der Waals surface area contributed by atoms with Crippen LogP contribution in [0.15, 0.2) is 27.6 Å². The molecule has 0 aliphatic carbocycles.